The number of hydrogen-bond acceptors (Lipinski definition) is 3. The van der Waals surface area contributed by atoms with Gasteiger partial charge >= 0.3 is 6.18 Å². The molecule has 0 bridgehead atoms. The lowest BCUT2D eigenvalue weighted by atomic mass is 9.99. The van der Waals surface area contributed by atoms with Gasteiger partial charge in [0.15, 0.2) is 5.69 Å². The number of aryl methyl sites for hydroxylation is 2. The molecule has 0 radical (unpaired) electrons. The van der Waals surface area contributed by atoms with Crippen molar-refractivity contribution in [3.63, 3.8) is 0 Å². The van der Waals surface area contributed by atoms with E-state index in [4.69, 9.17) is 0 Å². The van der Waals surface area contributed by atoms with E-state index in [1.54, 1.807) is 14.0 Å². The second-order valence-electron chi connectivity index (χ2n) is 5.25. The Morgan fingerprint density at radius 2 is 1.86 bits per heavy atom. The van der Waals surface area contributed by atoms with Gasteiger partial charge in [0.1, 0.15) is 0 Å². The number of fused-ring (bicyclic) bond motifs is 1. The van der Waals surface area contributed by atoms with Crippen LogP contribution in [0, 0.1) is 6.92 Å². The first-order chi connectivity index (χ1) is 9.80. The zero-order valence-electron chi connectivity index (χ0n) is 12.0. The molecule has 0 atom stereocenters. The number of nitrogens with zero attached hydrogens (tertiary/aromatic N) is 4. The van der Waals surface area contributed by atoms with Crippen LogP contribution in [0.25, 0.3) is 11.3 Å². The van der Waals surface area contributed by atoms with Crippen molar-refractivity contribution in [2.45, 2.75) is 26.1 Å². The summed E-state index contributed by atoms with van der Waals surface area (Å²) in [5.74, 6) is 0. The summed E-state index contributed by atoms with van der Waals surface area (Å²) in [4.78, 5) is 0. The van der Waals surface area contributed by atoms with E-state index >= 15 is 0 Å². The van der Waals surface area contributed by atoms with Gasteiger partial charge in [-0.25, -0.2) is 0 Å². The highest BCUT2D eigenvalue weighted by Gasteiger charge is 2.40. The Hall–Kier alpha value is -1.83. The summed E-state index contributed by atoms with van der Waals surface area (Å²) in [5, 5.41) is 11.2. The topological polar surface area (TPSA) is 47.7 Å². The monoisotopic (exact) mass is 299 g/mol. The van der Waals surface area contributed by atoms with Gasteiger partial charge in [0, 0.05) is 31.9 Å². The molecule has 3 heterocycles. The highest BCUT2D eigenvalue weighted by Crippen LogP contribution is 2.40. The quantitative estimate of drug-likeness (QED) is 0.873. The summed E-state index contributed by atoms with van der Waals surface area (Å²) in [6.07, 6.45) is -3.81. The molecule has 0 spiro atoms. The number of aromatic nitrogens is 4. The molecule has 0 amide bonds. The Balaban J connectivity index is 2.29. The fourth-order valence-electron chi connectivity index (χ4n) is 2.85. The number of alkyl halides is 3. The van der Waals surface area contributed by atoms with Crippen molar-refractivity contribution in [3.8, 4) is 11.3 Å². The standard InChI is InChI=1S/C13H16F3N5/c1-7-10(12(13(14,15)16)19-20(7)2)11-8-4-5-17-6-9(8)18-21(11)3/h17H,4-6H2,1-3H3. The van der Waals surface area contributed by atoms with E-state index in [-0.39, 0.29) is 5.56 Å². The van der Waals surface area contributed by atoms with Gasteiger partial charge in [-0.1, -0.05) is 0 Å². The maximum atomic E-state index is 13.3. The van der Waals surface area contributed by atoms with Crippen LogP contribution in [0.2, 0.25) is 0 Å². The van der Waals surface area contributed by atoms with Crippen molar-refractivity contribution in [2.24, 2.45) is 14.1 Å². The van der Waals surface area contributed by atoms with E-state index in [2.05, 4.69) is 15.5 Å². The summed E-state index contributed by atoms with van der Waals surface area (Å²) in [7, 11) is 3.21. The lowest BCUT2D eigenvalue weighted by Gasteiger charge is -2.14. The van der Waals surface area contributed by atoms with Crippen LogP contribution in [0.15, 0.2) is 0 Å². The maximum Gasteiger partial charge on any atom is 0.435 e. The first-order valence-corrected chi connectivity index (χ1v) is 6.67. The number of nitrogens with one attached hydrogen (secondary N) is 1. The van der Waals surface area contributed by atoms with Crippen molar-refractivity contribution < 1.29 is 13.2 Å². The number of hydrogen-bond donors (Lipinski definition) is 1. The summed E-state index contributed by atoms with van der Waals surface area (Å²) >= 11 is 0. The molecule has 5 nitrogen and oxygen atoms in total. The van der Waals surface area contributed by atoms with Gasteiger partial charge in [-0.15, -0.1) is 0 Å². The van der Waals surface area contributed by atoms with Crippen LogP contribution in [-0.2, 0) is 33.2 Å². The molecule has 0 saturated carbocycles. The Kier molecular flexibility index (Phi) is 3.09. The van der Waals surface area contributed by atoms with Crippen molar-refractivity contribution in [1.29, 1.82) is 0 Å². The largest absolute Gasteiger partial charge is 0.435 e. The molecule has 1 N–H and O–H groups in total. The van der Waals surface area contributed by atoms with Gasteiger partial charge < -0.3 is 5.32 Å². The Morgan fingerprint density at radius 3 is 2.52 bits per heavy atom. The molecule has 1 aliphatic rings. The van der Waals surface area contributed by atoms with Crippen molar-refractivity contribution >= 4 is 0 Å². The van der Waals surface area contributed by atoms with Crippen LogP contribution < -0.4 is 5.32 Å². The van der Waals surface area contributed by atoms with Crippen LogP contribution in [0.4, 0.5) is 13.2 Å². The fourth-order valence-corrected chi connectivity index (χ4v) is 2.85. The molecule has 0 aromatic carbocycles. The minimum Gasteiger partial charge on any atom is -0.311 e. The van der Waals surface area contributed by atoms with Gasteiger partial charge in [0.25, 0.3) is 0 Å². The summed E-state index contributed by atoms with van der Waals surface area (Å²) in [5.41, 5.74) is 2.03. The van der Waals surface area contributed by atoms with Gasteiger partial charge in [-0.2, -0.15) is 23.4 Å². The first-order valence-electron chi connectivity index (χ1n) is 6.67. The zero-order chi connectivity index (χ0) is 15.4. The third-order valence-electron chi connectivity index (χ3n) is 3.91. The van der Waals surface area contributed by atoms with E-state index in [1.807, 2.05) is 0 Å². The molecule has 3 rings (SSSR count). The van der Waals surface area contributed by atoms with Crippen LogP contribution >= 0.6 is 0 Å². The normalized spacial score (nSPS) is 15.3. The van der Waals surface area contributed by atoms with Crippen LogP contribution in [-0.4, -0.2) is 26.1 Å². The van der Waals surface area contributed by atoms with Crippen LogP contribution in [0.1, 0.15) is 22.6 Å². The Morgan fingerprint density at radius 1 is 1.14 bits per heavy atom. The molecular formula is C13H16F3N5. The minimum atomic E-state index is -4.48. The van der Waals surface area contributed by atoms with E-state index in [0.29, 0.717) is 24.4 Å². The minimum absolute atomic E-state index is 0.142. The van der Waals surface area contributed by atoms with E-state index in [9.17, 15) is 13.2 Å². The molecule has 0 saturated heterocycles. The van der Waals surface area contributed by atoms with Crippen molar-refractivity contribution in [3.05, 3.63) is 22.6 Å². The highest BCUT2D eigenvalue weighted by molar-refractivity contribution is 5.70. The van der Waals surface area contributed by atoms with Gasteiger partial charge in [-0.05, 0) is 19.9 Å². The predicted molar refractivity (Wildman–Crippen MR) is 70.6 cm³/mol. The van der Waals surface area contributed by atoms with Crippen LogP contribution in [0.3, 0.4) is 0 Å². The van der Waals surface area contributed by atoms with E-state index in [1.165, 1.54) is 16.4 Å². The zero-order valence-corrected chi connectivity index (χ0v) is 12.0. The molecule has 114 valence electrons. The van der Waals surface area contributed by atoms with Gasteiger partial charge in [0.2, 0.25) is 0 Å². The summed E-state index contributed by atoms with van der Waals surface area (Å²) in [6.45, 7) is 2.98. The number of halogens is 3. The fraction of sp³-hybridized carbons (Fsp3) is 0.538. The van der Waals surface area contributed by atoms with Crippen LogP contribution in [0.5, 0.6) is 0 Å². The third-order valence-corrected chi connectivity index (χ3v) is 3.91. The predicted octanol–water partition coefficient (Wildman–Crippen LogP) is 1.79. The smallest absolute Gasteiger partial charge is 0.311 e. The average molecular weight is 299 g/mol. The number of rotatable bonds is 1. The second-order valence-corrected chi connectivity index (χ2v) is 5.25. The molecule has 1 aliphatic heterocycles. The van der Waals surface area contributed by atoms with Crippen molar-refractivity contribution in [2.75, 3.05) is 6.54 Å². The molecule has 0 unspecified atom stereocenters. The van der Waals surface area contributed by atoms with E-state index < -0.39 is 11.9 Å². The molecule has 0 aliphatic carbocycles. The molecule has 0 fully saturated rings. The SMILES string of the molecule is Cc1c(-c2c3c(nn2C)CNCC3)c(C(F)(F)F)nn1C. The van der Waals surface area contributed by atoms with Gasteiger partial charge in [0.05, 0.1) is 17.0 Å². The first kappa shape index (κ1) is 14.1. The molecule has 2 aromatic heterocycles. The molecule has 8 heteroatoms. The van der Waals surface area contributed by atoms with Gasteiger partial charge in [-0.3, -0.25) is 9.36 Å². The average Bonchev–Trinajstić information content (AvgIpc) is 2.87. The molecular weight excluding hydrogens is 283 g/mol. The summed E-state index contributed by atoms with van der Waals surface area (Å²) < 4.78 is 42.7. The van der Waals surface area contributed by atoms with E-state index in [0.717, 1.165) is 17.8 Å². The Labute approximate surface area is 119 Å². The van der Waals surface area contributed by atoms with Crippen molar-refractivity contribution in [1.82, 2.24) is 24.9 Å². The highest BCUT2D eigenvalue weighted by atomic mass is 19.4. The lowest BCUT2D eigenvalue weighted by Crippen LogP contribution is -2.23. The Bertz CT molecular complexity index is 696. The second kappa shape index (κ2) is 4.59. The molecule has 2 aromatic rings. The summed E-state index contributed by atoms with van der Waals surface area (Å²) in [6, 6.07) is 0. The maximum absolute atomic E-state index is 13.3. The lowest BCUT2D eigenvalue weighted by molar-refractivity contribution is -0.141. The third kappa shape index (κ3) is 2.14. The molecule has 21 heavy (non-hydrogen) atoms.